The first-order chi connectivity index (χ1) is 15.1. The van der Waals surface area contributed by atoms with Crippen LogP contribution in [-0.2, 0) is 11.4 Å². The Morgan fingerprint density at radius 2 is 1.77 bits per heavy atom. The smallest absolute Gasteiger partial charge is 0.337 e. The summed E-state index contributed by atoms with van der Waals surface area (Å²) in [6.07, 6.45) is -0.886. The Hall–Kier alpha value is -3.64. The molecule has 156 valence electrons. The summed E-state index contributed by atoms with van der Waals surface area (Å²) in [6, 6.07) is 20.1. The SMILES string of the molecule is O=C(O)C1=C(Cl)c2cc(OCc3ccccc3)ccc2OC1c1ccc2c(c1)OCO2. The first-order valence-corrected chi connectivity index (χ1v) is 9.98. The molecule has 0 radical (unpaired) electrons. The number of carboxylic acids is 1. The minimum absolute atomic E-state index is 0.0479. The van der Waals surface area contributed by atoms with Gasteiger partial charge in [-0.3, -0.25) is 0 Å². The molecule has 6 nitrogen and oxygen atoms in total. The molecule has 2 heterocycles. The Bertz CT molecular complexity index is 1190. The molecular weight excluding hydrogens is 420 g/mol. The topological polar surface area (TPSA) is 74.2 Å². The maximum absolute atomic E-state index is 12.1. The molecule has 0 bridgehead atoms. The second kappa shape index (κ2) is 7.89. The number of hydrogen-bond acceptors (Lipinski definition) is 5. The first kappa shape index (κ1) is 19.3. The summed E-state index contributed by atoms with van der Waals surface area (Å²) < 4.78 is 22.7. The Morgan fingerprint density at radius 1 is 1.00 bits per heavy atom. The van der Waals surface area contributed by atoms with Gasteiger partial charge in [0.15, 0.2) is 17.6 Å². The van der Waals surface area contributed by atoms with E-state index in [0.717, 1.165) is 5.56 Å². The zero-order chi connectivity index (χ0) is 21.4. The van der Waals surface area contributed by atoms with Crippen LogP contribution in [-0.4, -0.2) is 17.9 Å². The number of ether oxygens (including phenoxy) is 4. The Balaban J connectivity index is 1.47. The van der Waals surface area contributed by atoms with Gasteiger partial charge in [0, 0.05) is 11.1 Å². The van der Waals surface area contributed by atoms with Gasteiger partial charge in [-0.05, 0) is 35.9 Å². The van der Waals surface area contributed by atoms with Crippen LogP contribution in [0.3, 0.4) is 0 Å². The third-order valence-corrected chi connectivity index (χ3v) is 5.52. The van der Waals surface area contributed by atoms with Crippen molar-refractivity contribution in [3.05, 3.63) is 89.0 Å². The van der Waals surface area contributed by atoms with Gasteiger partial charge >= 0.3 is 5.97 Å². The van der Waals surface area contributed by atoms with Crippen molar-refractivity contribution in [1.29, 1.82) is 0 Å². The highest BCUT2D eigenvalue weighted by Gasteiger charge is 2.35. The average molecular weight is 437 g/mol. The summed E-state index contributed by atoms with van der Waals surface area (Å²) in [4.78, 5) is 12.1. The van der Waals surface area contributed by atoms with Crippen LogP contribution in [0.1, 0.15) is 22.8 Å². The summed E-state index contributed by atoms with van der Waals surface area (Å²) >= 11 is 6.57. The molecule has 1 N–H and O–H groups in total. The van der Waals surface area contributed by atoms with E-state index < -0.39 is 12.1 Å². The van der Waals surface area contributed by atoms with Crippen molar-refractivity contribution < 1.29 is 28.8 Å². The van der Waals surface area contributed by atoms with Crippen LogP contribution in [0.2, 0.25) is 0 Å². The summed E-state index contributed by atoms with van der Waals surface area (Å²) in [6.45, 7) is 0.509. The van der Waals surface area contributed by atoms with Crippen molar-refractivity contribution in [2.45, 2.75) is 12.7 Å². The highest BCUT2D eigenvalue weighted by Crippen LogP contribution is 2.46. The van der Waals surface area contributed by atoms with Crippen LogP contribution in [0.25, 0.3) is 5.03 Å². The van der Waals surface area contributed by atoms with Crippen LogP contribution in [0.15, 0.2) is 72.3 Å². The van der Waals surface area contributed by atoms with Crippen molar-refractivity contribution >= 4 is 22.6 Å². The predicted molar refractivity (Wildman–Crippen MR) is 114 cm³/mol. The Morgan fingerprint density at radius 3 is 2.58 bits per heavy atom. The molecule has 3 aromatic carbocycles. The normalized spacial score (nSPS) is 16.5. The highest BCUT2D eigenvalue weighted by atomic mass is 35.5. The number of halogens is 1. The van der Waals surface area contributed by atoms with Crippen molar-refractivity contribution in [2.24, 2.45) is 0 Å². The van der Waals surface area contributed by atoms with Crippen LogP contribution >= 0.6 is 11.6 Å². The van der Waals surface area contributed by atoms with Gasteiger partial charge in [0.25, 0.3) is 0 Å². The van der Waals surface area contributed by atoms with E-state index in [9.17, 15) is 9.90 Å². The number of hydrogen-bond donors (Lipinski definition) is 1. The second-order valence-corrected chi connectivity index (χ2v) is 7.45. The zero-order valence-corrected chi connectivity index (χ0v) is 17.0. The lowest BCUT2D eigenvalue weighted by atomic mass is 9.95. The molecule has 31 heavy (non-hydrogen) atoms. The van der Waals surface area contributed by atoms with Gasteiger partial charge in [0.1, 0.15) is 23.7 Å². The zero-order valence-electron chi connectivity index (χ0n) is 16.2. The summed E-state index contributed by atoms with van der Waals surface area (Å²) in [5.74, 6) is 1.03. The fraction of sp³-hybridized carbons (Fsp3) is 0.125. The molecule has 0 fully saturated rings. The molecule has 5 rings (SSSR count). The van der Waals surface area contributed by atoms with Crippen LogP contribution in [0.5, 0.6) is 23.0 Å². The third-order valence-electron chi connectivity index (χ3n) is 5.11. The van der Waals surface area contributed by atoms with E-state index in [1.165, 1.54) is 0 Å². The quantitative estimate of drug-likeness (QED) is 0.595. The molecule has 7 heteroatoms. The van der Waals surface area contributed by atoms with Gasteiger partial charge in [0.2, 0.25) is 6.79 Å². The van der Waals surface area contributed by atoms with E-state index in [1.54, 1.807) is 36.4 Å². The van der Waals surface area contributed by atoms with Crippen LogP contribution in [0, 0.1) is 0 Å². The molecule has 2 aliphatic heterocycles. The molecular formula is C24H17ClO6. The van der Waals surface area contributed by atoms with Crippen molar-refractivity contribution in [3.63, 3.8) is 0 Å². The standard InChI is InChI=1S/C24H17ClO6/c25-22-17-11-16(28-12-14-4-2-1-3-5-14)7-9-18(17)31-23(21(22)24(26)27)15-6-8-19-20(10-15)30-13-29-19/h1-11,23H,12-13H2,(H,26,27). The lowest BCUT2D eigenvalue weighted by Crippen LogP contribution is -2.21. The van der Waals surface area contributed by atoms with E-state index in [0.29, 0.717) is 40.7 Å². The van der Waals surface area contributed by atoms with Gasteiger partial charge in [-0.1, -0.05) is 48.0 Å². The summed E-state index contributed by atoms with van der Waals surface area (Å²) in [5, 5.41) is 9.98. The monoisotopic (exact) mass is 436 g/mol. The van der Waals surface area contributed by atoms with Crippen molar-refractivity contribution in [1.82, 2.24) is 0 Å². The number of benzene rings is 3. The molecule has 0 aliphatic carbocycles. The predicted octanol–water partition coefficient (Wildman–Crippen LogP) is 5.16. The van der Waals surface area contributed by atoms with Gasteiger partial charge in [-0.15, -0.1) is 0 Å². The van der Waals surface area contributed by atoms with Gasteiger partial charge in [0.05, 0.1) is 5.03 Å². The minimum atomic E-state index is -1.16. The van der Waals surface area contributed by atoms with Crippen LogP contribution in [0.4, 0.5) is 0 Å². The maximum Gasteiger partial charge on any atom is 0.337 e. The Kier molecular flexibility index (Phi) is 4.92. The number of fused-ring (bicyclic) bond motifs is 2. The average Bonchev–Trinajstić information content (AvgIpc) is 3.26. The molecule has 1 unspecified atom stereocenters. The largest absolute Gasteiger partial charge is 0.489 e. The van der Waals surface area contributed by atoms with E-state index in [2.05, 4.69) is 0 Å². The van der Waals surface area contributed by atoms with Crippen molar-refractivity contribution in [2.75, 3.05) is 6.79 Å². The van der Waals surface area contributed by atoms with E-state index in [1.807, 2.05) is 30.3 Å². The van der Waals surface area contributed by atoms with Crippen molar-refractivity contribution in [3.8, 4) is 23.0 Å². The summed E-state index contributed by atoms with van der Waals surface area (Å²) in [5.41, 5.74) is 2.05. The molecule has 0 aromatic heterocycles. The second-order valence-electron chi connectivity index (χ2n) is 7.08. The third kappa shape index (κ3) is 3.66. The lowest BCUT2D eigenvalue weighted by molar-refractivity contribution is -0.133. The number of carboxylic acid groups (broad SMARTS) is 1. The molecule has 3 aromatic rings. The summed E-state index contributed by atoms with van der Waals surface area (Å²) in [7, 11) is 0. The van der Waals surface area contributed by atoms with Gasteiger partial charge in [-0.2, -0.15) is 0 Å². The molecule has 0 saturated heterocycles. The fourth-order valence-electron chi connectivity index (χ4n) is 3.58. The molecule has 0 amide bonds. The minimum Gasteiger partial charge on any atom is -0.489 e. The maximum atomic E-state index is 12.1. The van der Waals surface area contributed by atoms with E-state index >= 15 is 0 Å². The van der Waals surface area contributed by atoms with Gasteiger partial charge in [-0.25, -0.2) is 4.79 Å². The lowest BCUT2D eigenvalue weighted by Gasteiger charge is -2.28. The first-order valence-electron chi connectivity index (χ1n) is 9.60. The molecule has 1 atom stereocenters. The molecule has 2 aliphatic rings. The van der Waals surface area contributed by atoms with E-state index in [-0.39, 0.29) is 17.4 Å². The fourth-order valence-corrected chi connectivity index (χ4v) is 3.90. The molecule has 0 saturated carbocycles. The number of rotatable bonds is 5. The number of aliphatic carboxylic acids is 1. The van der Waals surface area contributed by atoms with Crippen LogP contribution < -0.4 is 18.9 Å². The van der Waals surface area contributed by atoms with E-state index in [4.69, 9.17) is 30.5 Å². The van der Waals surface area contributed by atoms with Gasteiger partial charge < -0.3 is 24.1 Å². The molecule has 0 spiro atoms. The number of carbonyl (C=O) groups is 1. The Labute approximate surface area is 183 Å². The highest BCUT2D eigenvalue weighted by molar-refractivity contribution is 6.51.